The number of ether oxygens (including phenoxy) is 2. The summed E-state index contributed by atoms with van der Waals surface area (Å²) >= 11 is 3.18. The van der Waals surface area contributed by atoms with Gasteiger partial charge in [-0.3, -0.25) is 0 Å². The fourth-order valence-electron chi connectivity index (χ4n) is 1.42. The van der Waals surface area contributed by atoms with Crippen molar-refractivity contribution in [3.8, 4) is 0 Å². The van der Waals surface area contributed by atoms with Gasteiger partial charge in [-0.25, -0.2) is 4.79 Å². The fraction of sp³-hybridized carbons (Fsp3) is 0.357. The Morgan fingerprint density at radius 1 is 1.40 bits per heavy atom. The molecule has 0 atom stereocenters. The third-order valence-electron chi connectivity index (χ3n) is 2.33. The lowest BCUT2D eigenvalue weighted by atomic mass is 10.2. The van der Waals surface area contributed by atoms with Crippen LogP contribution in [-0.2, 0) is 16.1 Å². The van der Waals surface area contributed by atoms with Crippen LogP contribution in [0, 0.1) is 0 Å². The van der Waals surface area contributed by atoms with E-state index in [9.17, 15) is 4.79 Å². The van der Waals surface area contributed by atoms with Crippen LogP contribution in [0.25, 0.3) is 0 Å². The molecule has 0 saturated carbocycles. The summed E-state index contributed by atoms with van der Waals surface area (Å²) in [7, 11) is 1.63. The molecule has 0 fully saturated rings. The van der Waals surface area contributed by atoms with E-state index in [2.05, 4.69) is 33.1 Å². The van der Waals surface area contributed by atoms with Gasteiger partial charge in [0, 0.05) is 17.3 Å². The molecule has 6 heteroatoms. The second-order valence-electron chi connectivity index (χ2n) is 4.07. The van der Waals surface area contributed by atoms with Crippen molar-refractivity contribution in [3.05, 3.63) is 40.9 Å². The van der Waals surface area contributed by atoms with Crippen molar-refractivity contribution >= 4 is 27.6 Å². The predicted molar refractivity (Wildman–Crippen MR) is 83.1 cm³/mol. The van der Waals surface area contributed by atoms with E-state index in [0.717, 1.165) is 11.3 Å². The lowest BCUT2D eigenvalue weighted by molar-refractivity contribution is 0.0617. The van der Waals surface area contributed by atoms with Gasteiger partial charge in [0.25, 0.3) is 0 Å². The van der Waals surface area contributed by atoms with Gasteiger partial charge in [0.1, 0.15) is 0 Å². The SMILES string of the molecule is C=C(Br)CNC(=O)Nc1cccc(COCCOC)c1. The van der Waals surface area contributed by atoms with Crippen LogP contribution in [0.4, 0.5) is 10.5 Å². The number of methoxy groups -OCH3 is 1. The van der Waals surface area contributed by atoms with Crippen LogP contribution < -0.4 is 10.6 Å². The van der Waals surface area contributed by atoms with Crippen molar-refractivity contribution in [2.24, 2.45) is 0 Å². The Morgan fingerprint density at radius 3 is 2.90 bits per heavy atom. The Labute approximate surface area is 127 Å². The van der Waals surface area contributed by atoms with Crippen molar-refractivity contribution < 1.29 is 14.3 Å². The van der Waals surface area contributed by atoms with Crippen LogP contribution in [0.15, 0.2) is 35.3 Å². The maximum absolute atomic E-state index is 11.6. The van der Waals surface area contributed by atoms with E-state index in [-0.39, 0.29) is 6.03 Å². The summed E-state index contributed by atoms with van der Waals surface area (Å²) in [5.41, 5.74) is 1.71. The van der Waals surface area contributed by atoms with Crippen LogP contribution in [0.3, 0.4) is 0 Å². The van der Waals surface area contributed by atoms with Crippen molar-refractivity contribution in [3.63, 3.8) is 0 Å². The molecule has 0 saturated heterocycles. The largest absolute Gasteiger partial charge is 0.382 e. The molecule has 1 aromatic carbocycles. The number of anilines is 1. The standard InChI is InChI=1S/C14H19BrN2O3/c1-11(15)9-16-14(18)17-13-5-3-4-12(8-13)10-20-7-6-19-2/h3-5,8H,1,6-7,9-10H2,2H3,(H2,16,17,18). The van der Waals surface area contributed by atoms with Gasteiger partial charge >= 0.3 is 6.03 Å². The molecule has 0 heterocycles. The number of carbonyl (C=O) groups is 1. The number of hydrogen-bond donors (Lipinski definition) is 2. The van der Waals surface area contributed by atoms with E-state index in [1.807, 2.05) is 24.3 Å². The Hall–Kier alpha value is -1.37. The number of hydrogen-bond acceptors (Lipinski definition) is 3. The molecular formula is C14H19BrN2O3. The molecule has 5 nitrogen and oxygen atoms in total. The lowest BCUT2D eigenvalue weighted by Crippen LogP contribution is -2.29. The summed E-state index contributed by atoms with van der Waals surface area (Å²) in [4.78, 5) is 11.6. The van der Waals surface area contributed by atoms with E-state index in [1.165, 1.54) is 0 Å². The zero-order chi connectivity index (χ0) is 14.8. The molecule has 2 amide bonds. The summed E-state index contributed by atoms with van der Waals surface area (Å²) in [5, 5.41) is 5.41. The monoisotopic (exact) mass is 342 g/mol. The van der Waals surface area contributed by atoms with E-state index in [1.54, 1.807) is 7.11 Å². The molecule has 1 rings (SSSR count). The molecule has 0 aliphatic rings. The predicted octanol–water partition coefficient (Wildman–Crippen LogP) is 2.88. The van der Waals surface area contributed by atoms with Crippen LogP contribution in [0.2, 0.25) is 0 Å². The van der Waals surface area contributed by atoms with Gasteiger partial charge in [0.05, 0.1) is 26.4 Å². The van der Waals surface area contributed by atoms with Gasteiger partial charge in [-0.2, -0.15) is 0 Å². The normalized spacial score (nSPS) is 10.1. The third-order valence-corrected chi connectivity index (χ3v) is 2.61. The molecule has 0 aromatic heterocycles. The number of benzene rings is 1. The number of carbonyl (C=O) groups excluding carboxylic acids is 1. The maximum Gasteiger partial charge on any atom is 0.319 e. The number of nitrogens with one attached hydrogen (secondary N) is 2. The molecule has 0 aliphatic heterocycles. The minimum Gasteiger partial charge on any atom is -0.382 e. The third kappa shape index (κ3) is 7.28. The highest BCUT2D eigenvalue weighted by Gasteiger charge is 2.02. The molecule has 0 aliphatic carbocycles. The van der Waals surface area contributed by atoms with E-state index < -0.39 is 0 Å². The average Bonchev–Trinajstić information content (AvgIpc) is 2.42. The topological polar surface area (TPSA) is 59.6 Å². The van der Waals surface area contributed by atoms with Crippen molar-refractivity contribution in [2.75, 3.05) is 32.2 Å². The second-order valence-corrected chi connectivity index (χ2v) is 5.19. The summed E-state index contributed by atoms with van der Waals surface area (Å²) in [5.74, 6) is 0. The Kier molecular flexibility index (Phi) is 7.94. The molecular weight excluding hydrogens is 324 g/mol. The van der Waals surface area contributed by atoms with Gasteiger partial charge in [0.15, 0.2) is 0 Å². The first kappa shape index (κ1) is 16.7. The van der Waals surface area contributed by atoms with Gasteiger partial charge in [0.2, 0.25) is 0 Å². The summed E-state index contributed by atoms with van der Waals surface area (Å²) in [6.07, 6.45) is 0. The first-order chi connectivity index (χ1) is 9.61. The van der Waals surface area contributed by atoms with Crippen LogP contribution in [0.5, 0.6) is 0 Å². The van der Waals surface area contributed by atoms with Gasteiger partial charge in [-0.1, -0.05) is 34.6 Å². The average molecular weight is 343 g/mol. The number of amides is 2. The first-order valence-electron chi connectivity index (χ1n) is 6.15. The first-order valence-corrected chi connectivity index (χ1v) is 6.95. The number of urea groups is 1. The molecule has 0 unspecified atom stereocenters. The van der Waals surface area contributed by atoms with E-state index >= 15 is 0 Å². The molecule has 0 bridgehead atoms. The minimum absolute atomic E-state index is 0.275. The lowest BCUT2D eigenvalue weighted by Gasteiger charge is -2.09. The summed E-state index contributed by atoms with van der Waals surface area (Å²) < 4.78 is 11.0. The Balaban J connectivity index is 2.42. The quantitative estimate of drug-likeness (QED) is 0.714. The highest BCUT2D eigenvalue weighted by Crippen LogP contribution is 2.11. The molecule has 0 radical (unpaired) electrons. The van der Waals surface area contributed by atoms with Crippen LogP contribution >= 0.6 is 15.9 Å². The zero-order valence-corrected chi connectivity index (χ0v) is 13.0. The molecule has 0 spiro atoms. The highest BCUT2D eigenvalue weighted by molar-refractivity contribution is 9.11. The second kappa shape index (κ2) is 9.52. The molecule has 20 heavy (non-hydrogen) atoms. The fourth-order valence-corrected chi connectivity index (χ4v) is 1.56. The van der Waals surface area contributed by atoms with Crippen LogP contribution in [0.1, 0.15) is 5.56 Å². The van der Waals surface area contributed by atoms with Crippen LogP contribution in [-0.4, -0.2) is 32.9 Å². The zero-order valence-electron chi connectivity index (χ0n) is 11.4. The maximum atomic E-state index is 11.6. The van der Waals surface area contributed by atoms with Crippen molar-refractivity contribution in [1.82, 2.24) is 5.32 Å². The van der Waals surface area contributed by atoms with E-state index in [0.29, 0.717) is 30.8 Å². The van der Waals surface area contributed by atoms with E-state index in [4.69, 9.17) is 9.47 Å². The smallest absolute Gasteiger partial charge is 0.319 e. The Bertz CT molecular complexity index is 452. The van der Waals surface area contributed by atoms with Gasteiger partial charge in [-0.15, -0.1) is 0 Å². The minimum atomic E-state index is -0.275. The molecule has 2 N–H and O–H groups in total. The summed E-state index contributed by atoms with van der Waals surface area (Å²) in [6.45, 7) is 5.62. The summed E-state index contributed by atoms with van der Waals surface area (Å²) in [6, 6.07) is 7.23. The van der Waals surface area contributed by atoms with Gasteiger partial charge < -0.3 is 20.1 Å². The Morgan fingerprint density at radius 2 is 2.20 bits per heavy atom. The number of rotatable bonds is 8. The number of halogens is 1. The molecule has 1 aromatic rings. The van der Waals surface area contributed by atoms with Gasteiger partial charge in [-0.05, 0) is 17.7 Å². The van der Waals surface area contributed by atoms with Crippen molar-refractivity contribution in [2.45, 2.75) is 6.61 Å². The van der Waals surface area contributed by atoms with Crippen molar-refractivity contribution in [1.29, 1.82) is 0 Å². The highest BCUT2D eigenvalue weighted by atomic mass is 79.9. The molecule has 110 valence electrons.